The average molecular weight is 258 g/mol. The number of nitrogens with zero attached hydrogens (tertiary/aromatic N) is 1. The van der Waals surface area contributed by atoms with E-state index in [0.29, 0.717) is 18.8 Å². The van der Waals surface area contributed by atoms with E-state index in [0.717, 1.165) is 12.1 Å². The molecule has 0 radical (unpaired) electrons. The molecule has 1 atom stereocenters. The first-order valence-electron chi connectivity index (χ1n) is 6.86. The van der Waals surface area contributed by atoms with Gasteiger partial charge in [0.1, 0.15) is 0 Å². The Bertz CT molecular complexity index is 443. The molecule has 1 aromatic carbocycles. The van der Waals surface area contributed by atoms with Crippen LogP contribution in [0.3, 0.4) is 0 Å². The van der Waals surface area contributed by atoms with Gasteiger partial charge in [0, 0.05) is 18.0 Å². The van der Waals surface area contributed by atoms with E-state index in [1.807, 2.05) is 31.2 Å². The lowest BCUT2D eigenvalue weighted by atomic mass is 10.0. The third kappa shape index (κ3) is 5.13. The SMILES string of the molecule is CCC(C#N)CCC(=O)Nc1ccc(C(C)C)cc1. The number of carbonyl (C=O) groups is 1. The molecule has 3 nitrogen and oxygen atoms in total. The fourth-order valence-electron chi connectivity index (χ4n) is 1.84. The summed E-state index contributed by atoms with van der Waals surface area (Å²) in [6.45, 7) is 6.25. The highest BCUT2D eigenvalue weighted by Gasteiger charge is 2.09. The quantitative estimate of drug-likeness (QED) is 0.836. The molecule has 0 saturated carbocycles. The van der Waals surface area contributed by atoms with Crippen molar-refractivity contribution in [1.82, 2.24) is 0 Å². The third-order valence-electron chi connectivity index (χ3n) is 3.26. The van der Waals surface area contributed by atoms with Crippen molar-refractivity contribution in [3.63, 3.8) is 0 Å². The van der Waals surface area contributed by atoms with Crippen molar-refractivity contribution in [3.8, 4) is 6.07 Å². The van der Waals surface area contributed by atoms with Gasteiger partial charge in [-0.15, -0.1) is 0 Å². The Labute approximate surface area is 115 Å². The predicted molar refractivity (Wildman–Crippen MR) is 77.8 cm³/mol. The number of hydrogen-bond acceptors (Lipinski definition) is 2. The van der Waals surface area contributed by atoms with Crippen LogP contribution in [0.2, 0.25) is 0 Å². The first-order chi connectivity index (χ1) is 9.06. The highest BCUT2D eigenvalue weighted by atomic mass is 16.1. The molecule has 0 aromatic heterocycles. The van der Waals surface area contributed by atoms with Crippen LogP contribution in [-0.2, 0) is 4.79 Å². The Hall–Kier alpha value is -1.82. The summed E-state index contributed by atoms with van der Waals surface area (Å²) in [5.41, 5.74) is 2.08. The van der Waals surface area contributed by atoms with Gasteiger partial charge in [-0.05, 0) is 36.5 Å². The van der Waals surface area contributed by atoms with Gasteiger partial charge in [-0.3, -0.25) is 4.79 Å². The van der Waals surface area contributed by atoms with Gasteiger partial charge in [0.05, 0.1) is 6.07 Å². The number of nitriles is 1. The Kier molecular flexibility index (Phi) is 6.08. The minimum atomic E-state index is -0.0222. The van der Waals surface area contributed by atoms with E-state index in [-0.39, 0.29) is 11.8 Å². The van der Waals surface area contributed by atoms with Crippen LogP contribution in [0.4, 0.5) is 5.69 Å². The summed E-state index contributed by atoms with van der Waals surface area (Å²) in [5, 5.41) is 11.7. The van der Waals surface area contributed by atoms with Crippen LogP contribution < -0.4 is 5.32 Å². The topological polar surface area (TPSA) is 52.9 Å². The van der Waals surface area contributed by atoms with E-state index >= 15 is 0 Å². The van der Waals surface area contributed by atoms with Crippen LogP contribution in [0.25, 0.3) is 0 Å². The van der Waals surface area contributed by atoms with Crippen molar-refractivity contribution < 1.29 is 4.79 Å². The Morgan fingerprint density at radius 1 is 1.32 bits per heavy atom. The molecule has 0 fully saturated rings. The Balaban J connectivity index is 2.46. The number of amides is 1. The van der Waals surface area contributed by atoms with Crippen LogP contribution in [0, 0.1) is 17.2 Å². The van der Waals surface area contributed by atoms with Gasteiger partial charge in [-0.1, -0.05) is 32.9 Å². The molecule has 3 heteroatoms. The van der Waals surface area contributed by atoms with Gasteiger partial charge >= 0.3 is 0 Å². The molecule has 0 saturated heterocycles. The maximum absolute atomic E-state index is 11.7. The van der Waals surface area contributed by atoms with E-state index in [4.69, 9.17) is 5.26 Å². The second-order valence-electron chi connectivity index (χ2n) is 5.10. The van der Waals surface area contributed by atoms with E-state index in [1.54, 1.807) is 0 Å². The molecule has 0 aliphatic heterocycles. The summed E-state index contributed by atoms with van der Waals surface area (Å²) in [4.78, 5) is 11.7. The highest BCUT2D eigenvalue weighted by Crippen LogP contribution is 2.17. The van der Waals surface area contributed by atoms with Gasteiger partial charge in [-0.25, -0.2) is 0 Å². The average Bonchev–Trinajstić information content (AvgIpc) is 2.40. The summed E-state index contributed by atoms with van der Waals surface area (Å²) in [6, 6.07) is 10.1. The largest absolute Gasteiger partial charge is 0.326 e. The second kappa shape index (κ2) is 7.58. The molecule has 0 heterocycles. The van der Waals surface area contributed by atoms with Gasteiger partial charge in [0.25, 0.3) is 0 Å². The third-order valence-corrected chi connectivity index (χ3v) is 3.26. The van der Waals surface area contributed by atoms with Crippen molar-refractivity contribution in [3.05, 3.63) is 29.8 Å². The zero-order valence-corrected chi connectivity index (χ0v) is 11.9. The van der Waals surface area contributed by atoms with Crippen molar-refractivity contribution >= 4 is 11.6 Å². The van der Waals surface area contributed by atoms with E-state index < -0.39 is 0 Å². The number of hydrogen-bond donors (Lipinski definition) is 1. The normalized spacial score (nSPS) is 11.9. The number of benzene rings is 1. The molecule has 1 rings (SSSR count). The fraction of sp³-hybridized carbons (Fsp3) is 0.500. The summed E-state index contributed by atoms with van der Waals surface area (Å²) < 4.78 is 0. The van der Waals surface area contributed by atoms with Crippen molar-refractivity contribution in [2.75, 3.05) is 5.32 Å². The molecule has 1 aromatic rings. The van der Waals surface area contributed by atoms with Gasteiger partial charge in [-0.2, -0.15) is 5.26 Å². The molecule has 102 valence electrons. The first-order valence-corrected chi connectivity index (χ1v) is 6.86. The lowest BCUT2D eigenvalue weighted by Crippen LogP contribution is -2.12. The predicted octanol–water partition coefficient (Wildman–Crippen LogP) is 4.08. The zero-order valence-electron chi connectivity index (χ0n) is 11.9. The lowest BCUT2D eigenvalue weighted by molar-refractivity contribution is -0.116. The molecule has 1 unspecified atom stereocenters. The number of nitrogens with one attached hydrogen (secondary N) is 1. The van der Waals surface area contributed by atoms with Crippen LogP contribution in [-0.4, -0.2) is 5.91 Å². The van der Waals surface area contributed by atoms with Crippen LogP contribution in [0.15, 0.2) is 24.3 Å². The summed E-state index contributed by atoms with van der Waals surface area (Å²) in [6.07, 6.45) is 1.83. The minimum Gasteiger partial charge on any atom is -0.326 e. The summed E-state index contributed by atoms with van der Waals surface area (Å²) >= 11 is 0. The zero-order chi connectivity index (χ0) is 14.3. The molecule has 1 amide bonds. The Morgan fingerprint density at radius 2 is 1.95 bits per heavy atom. The van der Waals surface area contributed by atoms with Crippen LogP contribution in [0.1, 0.15) is 51.5 Å². The summed E-state index contributed by atoms with van der Waals surface area (Å²) in [5.74, 6) is 0.450. The molecule has 0 bridgehead atoms. The molecular formula is C16H22N2O. The number of carbonyl (C=O) groups excluding carboxylic acids is 1. The van der Waals surface area contributed by atoms with Crippen molar-refractivity contribution in [2.45, 2.75) is 46.0 Å². The monoisotopic (exact) mass is 258 g/mol. The minimum absolute atomic E-state index is 0.0194. The highest BCUT2D eigenvalue weighted by molar-refractivity contribution is 5.90. The number of anilines is 1. The molecular weight excluding hydrogens is 236 g/mol. The fourth-order valence-corrected chi connectivity index (χ4v) is 1.84. The first kappa shape index (κ1) is 15.2. The molecule has 0 aliphatic carbocycles. The second-order valence-corrected chi connectivity index (χ2v) is 5.10. The summed E-state index contributed by atoms with van der Waals surface area (Å²) in [7, 11) is 0. The standard InChI is InChI=1S/C16H22N2O/c1-4-13(11-17)5-10-16(19)18-15-8-6-14(7-9-15)12(2)3/h6-9,12-13H,4-5,10H2,1-3H3,(H,18,19). The maximum atomic E-state index is 11.7. The molecule has 0 aliphatic rings. The maximum Gasteiger partial charge on any atom is 0.224 e. The van der Waals surface area contributed by atoms with Gasteiger partial charge < -0.3 is 5.32 Å². The lowest BCUT2D eigenvalue weighted by Gasteiger charge is -2.09. The molecule has 1 N–H and O–H groups in total. The van der Waals surface area contributed by atoms with Gasteiger partial charge in [0.15, 0.2) is 0 Å². The van der Waals surface area contributed by atoms with E-state index in [2.05, 4.69) is 25.2 Å². The van der Waals surface area contributed by atoms with Crippen LogP contribution in [0.5, 0.6) is 0 Å². The van der Waals surface area contributed by atoms with E-state index in [9.17, 15) is 4.79 Å². The van der Waals surface area contributed by atoms with Crippen LogP contribution >= 0.6 is 0 Å². The van der Waals surface area contributed by atoms with E-state index in [1.165, 1.54) is 5.56 Å². The smallest absolute Gasteiger partial charge is 0.224 e. The van der Waals surface area contributed by atoms with Gasteiger partial charge in [0.2, 0.25) is 5.91 Å². The number of rotatable bonds is 6. The molecule has 0 spiro atoms. The molecule has 19 heavy (non-hydrogen) atoms. The van der Waals surface area contributed by atoms with Crippen molar-refractivity contribution in [1.29, 1.82) is 5.26 Å². The van der Waals surface area contributed by atoms with Crippen molar-refractivity contribution in [2.24, 2.45) is 5.92 Å². The Morgan fingerprint density at radius 3 is 2.42 bits per heavy atom.